The molecule has 0 aliphatic carbocycles. The highest BCUT2D eigenvalue weighted by Crippen LogP contribution is 2.23. The molecule has 2 N–H and O–H groups in total. The van der Waals surface area contributed by atoms with Gasteiger partial charge in [-0.2, -0.15) is 0 Å². The minimum Gasteiger partial charge on any atom is -0.349 e. The number of benzene rings is 1. The van der Waals surface area contributed by atoms with Gasteiger partial charge in [-0.15, -0.1) is 0 Å². The van der Waals surface area contributed by atoms with Crippen molar-refractivity contribution in [2.45, 2.75) is 26.8 Å². The van der Waals surface area contributed by atoms with Crippen LogP contribution in [0.3, 0.4) is 0 Å². The van der Waals surface area contributed by atoms with Gasteiger partial charge in [0.05, 0.1) is 6.04 Å². The predicted molar refractivity (Wildman–Crippen MR) is 77.7 cm³/mol. The minimum atomic E-state index is 0.0891. The molecule has 1 fully saturated rings. The zero-order valence-electron chi connectivity index (χ0n) is 12.0. The Hall–Kier alpha value is -1.35. The van der Waals surface area contributed by atoms with Crippen LogP contribution < -0.4 is 10.6 Å². The van der Waals surface area contributed by atoms with Gasteiger partial charge in [-0.25, -0.2) is 0 Å². The molecule has 1 aromatic rings. The van der Waals surface area contributed by atoms with Crippen LogP contribution in [0.4, 0.5) is 0 Å². The first-order valence-electron chi connectivity index (χ1n) is 7.15. The van der Waals surface area contributed by atoms with Crippen molar-refractivity contribution in [3.8, 4) is 0 Å². The Labute approximate surface area is 115 Å². The van der Waals surface area contributed by atoms with E-state index >= 15 is 0 Å². The van der Waals surface area contributed by atoms with Crippen LogP contribution in [0.25, 0.3) is 0 Å². The van der Waals surface area contributed by atoms with E-state index in [2.05, 4.69) is 36.6 Å². The summed E-state index contributed by atoms with van der Waals surface area (Å²) in [6.07, 6.45) is 0. The topological polar surface area (TPSA) is 41.1 Å². The molecule has 1 aliphatic heterocycles. The molecule has 2 rings (SSSR count). The van der Waals surface area contributed by atoms with Crippen LogP contribution in [0, 0.1) is 17.8 Å². The van der Waals surface area contributed by atoms with Crippen LogP contribution in [0.2, 0.25) is 0 Å². The van der Waals surface area contributed by atoms with Crippen molar-refractivity contribution in [2.24, 2.45) is 17.8 Å². The Kier molecular flexibility index (Phi) is 4.59. The maximum absolute atomic E-state index is 12.3. The van der Waals surface area contributed by atoms with E-state index < -0.39 is 0 Å². The molecule has 1 saturated heterocycles. The van der Waals surface area contributed by atoms with Gasteiger partial charge in [0.15, 0.2) is 0 Å². The van der Waals surface area contributed by atoms with Gasteiger partial charge >= 0.3 is 0 Å². The summed E-state index contributed by atoms with van der Waals surface area (Å²) in [6.45, 7) is 8.25. The lowest BCUT2D eigenvalue weighted by atomic mass is 9.87. The molecule has 0 spiro atoms. The zero-order valence-corrected chi connectivity index (χ0v) is 12.0. The number of nitrogens with one attached hydrogen (secondary N) is 2. The summed E-state index contributed by atoms with van der Waals surface area (Å²) in [6, 6.07) is 10.3. The summed E-state index contributed by atoms with van der Waals surface area (Å²) in [5.74, 6) is 1.14. The molecular weight excluding hydrogens is 236 g/mol. The molecule has 1 heterocycles. The molecule has 104 valence electrons. The third kappa shape index (κ3) is 3.35. The Morgan fingerprint density at radius 3 is 2.32 bits per heavy atom. The van der Waals surface area contributed by atoms with Crippen LogP contribution in [0.1, 0.15) is 32.4 Å². The molecule has 0 radical (unpaired) electrons. The molecule has 3 heteroatoms. The van der Waals surface area contributed by atoms with Gasteiger partial charge < -0.3 is 10.6 Å². The standard InChI is InChI=1S/C16H24N2O/c1-11(2)15(13-7-5-4-6-8-13)18-16(19)12(3)14-9-17-10-14/h4-8,11-12,14-15,17H,9-10H2,1-3H3,(H,18,19). The number of amides is 1. The van der Waals surface area contributed by atoms with Gasteiger partial charge in [0.25, 0.3) is 0 Å². The number of carbonyl (C=O) groups excluding carboxylic acids is 1. The predicted octanol–water partition coefficient (Wildman–Crippen LogP) is 2.36. The van der Waals surface area contributed by atoms with E-state index in [1.165, 1.54) is 5.56 Å². The van der Waals surface area contributed by atoms with Crippen molar-refractivity contribution >= 4 is 5.91 Å². The second-order valence-corrected chi connectivity index (χ2v) is 5.85. The summed E-state index contributed by atoms with van der Waals surface area (Å²) in [7, 11) is 0. The average Bonchev–Trinajstić information content (AvgIpc) is 2.34. The Morgan fingerprint density at radius 1 is 1.21 bits per heavy atom. The van der Waals surface area contributed by atoms with Gasteiger partial charge in [-0.3, -0.25) is 4.79 Å². The van der Waals surface area contributed by atoms with Crippen LogP contribution in [-0.2, 0) is 4.79 Å². The second-order valence-electron chi connectivity index (χ2n) is 5.85. The highest BCUT2D eigenvalue weighted by molar-refractivity contribution is 5.79. The Bertz CT molecular complexity index is 412. The highest BCUT2D eigenvalue weighted by atomic mass is 16.1. The molecule has 0 saturated carbocycles. The normalized spacial score (nSPS) is 18.7. The third-order valence-corrected chi connectivity index (χ3v) is 4.06. The van der Waals surface area contributed by atoms with Crippen molar-refractivity contribution in [1.29, 1.82) is 0 Å². The molecule has 2 unspecified atom stereocenters. The lowest BCUT2D eigenvalue weighted by molar-refractivity contribution is -0.127. The lowest BCUT2D eigenvalue weighted by Crippen LogP contribution is -2.50. The van der Waals surface area contributed by atoms with Crippen LogP contribution in [0.5, 0.6) is 0 Å². The molecule has 19 heavy (non-hydrogen) atoms. The van der Waals surface area contributed by atoms with Gasteiger partial charge in [0, 0.05) is 5.92 Å². The average molecular weight is 260 g/mol. The van der Waals surface area contributed by atoms with Crippen molar-refractivity contribution in [1.82, 2.24) is 10.6 Å². The molecule has 1 aromatic carbocycles. The van der Waals surface area contributed by atoms with E-state index in [0.29, 0.717) is 11.8 Å². The number of carbonyl (C=O) groups is 1. The summed E-state index contributed by atoms with van der Waals surface area (Å²) in [4.78, 5) is 12.3. The van der Waals surface area contributed by atoms with E-state index in [0.717, 1.165) is 13.1 Å². The van der Waals surface area contributed by atoms with Crippen molar-refractivity contribution in [2.75, 3.05) is 13.1 Å². The summed E-state index contributed by atoms with van der Waals surface area (Å²) in [5, 5.41) is 6.44. The highest BCUT2D eigenvalue weighted by Gasteiger charge is 2.30. The van der Waals surface area contributed by atoms with Gasteiger partial charge in [0.2, 0.25) is 5.91 Å². The summed E-state index contributed by atoms with van der Waals surface area (Å²) < 4.78 is 0. The molecule has 1 amide bonds. The van der Waals surface area contributed by atoms with Crippen molar-refractivity contribution < 1.29 is 4.79 Å². The third-order valence-electron chi connectivity index (χ3n) is 4.06. The number of hydrogen-bond acceptors (Lipinski definition) is 2. The van der Waals surface area contributed by atoms with Crippen LogP contribution >= 0.6 is 0 Å². The maximum Gasteiger partial charge on any atom is 0.223 e. The van der Waals surface area contributed by atoms with Gasteiger partial charge in [-0.05, 0) is 30.5 Å². The first kappa shape index (κ1) is 14.1. The largest absolute Gasteiger partial charge is 0.349 e. The SMILES string of the molecule is CC(C)C(NC(=O)C(C)C1CNC1)c1ccccc1. The molecule has 0 aromatic heterocycles. The van der Waals surface area contributed by atoms with E-state index in [1.807, 2.05) is 25.1 Å². The lowest BCUT2D eigenvalue weighted by Gasteiger charge is -2.33. The van der Waals surface area contributed by atoms with Gasteiger partial charge in [0.1, 0.15) is 0 Å². The summed E-state index contributed by atoms with van der Waals surface area (Å²) in [5.41, 5.74) is 1.18. The molecule has 2 atom stereocenters. The van der Waals surface area contributed by atoms with E-state index in [-0.39, 0.29) is 17.9 Å². The number of rotatable bonds is 5. The smallest absolute Gasteiger partial charge is 0.223 e. The molecule has 1 aliphatic rings. The molecule has 0 bridgehead atoms. The molecule has 3 nitrogen and oxygen atoms in total. The van der Waals surface area contributed by atoms with Crippen molar-refractivity contribution in [3.05, 3.63) is 35.9 Å². The van der Waals surface area contributed by atoms with Crippen LogP contribution in [-0.4, -0.2) is 19.0 Å². The van der Waals surface area contributed by atoms with Crippen LogP contribution in [0.15, 0.2) is 30.3 Å². The monoisotopic (exact) mass is 260 g/mol. The first-order valence-corrected chi connectivity index (χ1v) is 7.15. The summed E-state index contributed by atoms with van der Waals surface area (Å²) >= 11 is 0. The van der Waals surface area contributed by atoms with Crippen molar-refractivity contribution in [3.63, 3.8) is 0 Å². The number of hydrogen-bond donors (Lipinski definition) is 2. The fourth-order valence-corrected chi connectivity index (χ4v) is 2.46. The molecular formula is C16H24N2O. The second kappa shape index (κ2) is 6.20. The maximum atomic E-state index is 12.3. The van der Waals surface area contributed by atoms with Gasteiger partial charge in [-0.1, -0.05) is 51.1 Å². The van der Waals surface area contributed by atoms with E-state index in [4.69, 9.17) is 0 Å². The first-order chi connectivity index (χ1) is 9.09. The quantitative estimate of drug-likeness (QED) is 0.853. The minimum absolute atomic E-state index is 0.0891. The Balaban J connectivity index is 2.02. The fourth-order valence-electron chi connectivity index (χ4n) is 2.46. The van der Waals surface area contributed by atoms with E-state index in [9.17, 15) is 4.79 Å². The van der Waals surface area contributed by atoms with E-state index in [1.54, 1.807) is 0 Å². The Morgan fingerprint density at radius 2 is 1.84 bits per heavy atom. The zero-order chi connectivity index (χ0) is 13.8. The fraction of sp³-hybridized carbons (Fsp3) is 0.562.